The molecule has 1 aliphatic rings. The van der Waals surface area contributed by atoms with Crippen LogP contribution < -0.4 is 0 Å². The average Bonchev–Trinajstić information content (AvgIpc) is 2.99. The first kappa shape index (κ1) is 16.8. The van der Waals surface area contributed by atoms with Gasteiger partial charge in [-0.2, -0.15) is 4.39 Å². The quantitative estimate of drug-likeness (QED) is 0.786. The highest BCUT2D eigenvalue weighted by molar-refractivity contribution is 7.90. The summed E-state index contributed by atoms with van der Waals surface area (Å²) in [5, 5.41) is 0. The number of benzene rings is 1. The van der Waals surface area contributed by atoms with Crippen LogP contribution >= 0.6 is 0 Å². The second kappa shape index (κ2) is 6.43. The van der Waals surface area contributed by atoms with Crippen LogP contribution in [-0.4, -0.2) is 26.3 Å². The van der Waals surface area contributed by atoms with Crippen LogP contribution in [0.25, 0.3) is 11.1 Å². The van der Waals surface area contributed by atoms with E-state index in [1.807, 2.05) is 0 Å². The van der Waals surface area contributed by atoms with E-state index in [2.05, 4.69) is 4.98 Å². The molecule has 2 aromatic rings. The third-order valence-corrected chi connectivity index (χ3v) is 5.40. The minimum Gasteiger partial charge on any atom is -0.251 e. The van der Waals surface area contributed by atoms with Crippen molar-refractivity contribution in [3.8, 4) is 0 Å². The van der Waals surface area contributed by atoms with E-state index >= 15 is 0 Å². The van der Waals surface area contributed by atoms with Gasteiger partial charge in [-0.05, 0) is 65.3 Å². The van der Waals surface area contributed by atoms with Crippen molar-refractivity contribution < 1.29 is 17.2 Å². The summed E-state index contributed by atoms with van der Waals surface area (Å²) in [6.45, 7) is -0.428. The van der Waals surface area contributed by atoms with Crippen LogP contribution in [0.4, 0.5) is 8.78 Å². The van der Waals surface area contributed by atoms with Crippen LogP contribution in [0.2, 0.25) is 0 Å². The fraction of sp³-hybridized carbons (Fsp3) is 0.278. The monoisotopic (exact) mass is 349 g/mol. The van der Waals surface area contributed by atoms with Crippen molar-refractivity contribution in [1.82, 2.24) is 4.98 Å². The Kier molecular flexibility index (Phi) is 4.49. The van der Waals surface area contributed by atoms with Crippen molar-refractivity contribution in [2.75, 3.05) is 12.9 Å². The molecule has 3 nitrogen and oxygen atoms in total. The molecule has 0 amide bonds. The van der Waals surface area contributed by atoms with Crippen molar-refractivity contribution in [3.63, 3.8) is 0 Å². The van der Waals surface area contributed by atoms with Gasteiger partial charge in [0.2, 0.25) is 5.95 Å². The summed E-state index contributed by atoms with van der Waals surface area (Å²) in [7, 11) is -3.26. The van der Waals surface area contributed by atoms with E-state index in [9.17, 15) is 17.2 Å². The molecule has 0 aliphatic heterocycles. The van der Waals surface area contributed by atoms with Crippen molar-refractivity contribution in [3.05, 3.63) is 59.7 Å². The molecule has 24 heavy (non-hydrogen) atoms. The van der Waals surface area contributed by atoms with Crippen LogP contribution in [0.3, 0.4) is 0 Å². The number of sulfone groups is 1. The van der Waals surface area contributed by atoms with Gasteiger partial charge in [0, 0.05) is 12.5 Å². The number of rotatable bonds is 4. The van der Waals surface area contributed by atoms with Gasteiger partial charge in [0.15, 0.2) is 9.84 Å². The number of hydrogen-bond acceptors (Lipinski definition) is 3. The van der Waals surface area contributed by atoms with E-state index in [0.717, 1.165) is 28.5 Å². The smallest absolute Gasteiger partial charge is 0.212 e. The van der Waals surface area contributed by atoms with Crippen LogP contribution in [0.1, 0.15) is 24.0 Å². The van der Waals surface area contributed by atoms with E-state index in [4.69, 9.17) is 0 Å². The van der Waals surface area contributed by atoms with Gasteiger partial charge in [0.05, 0.1) is 11.6 Å². The van der Waals surface area contributed by atoms with Gasteiger partial charge in [-0.25, -0.2) is 13.4 Å². The first-order valence-electron chi connectivity index (χ1n) is 7.59. The molecule has 1 aromatic carbocycles. The van der Waals surface area contributed by atoms with Crippen molar-refractivity contribution in [2.24, 2.45) is 5.92 Å². The lowest BCUT2D eigenvalue weighted by atomic mass is 9.98. The van der Waals surface area contributed by atoms with E-state index in [0.29, 0.717) is 12.8 Å². The lowest BCUT2D eigenvalue weighted by molar-refractivity contribution is 0.379. The summed E-state index contributed by atoms with van der Waals surface area (Å²) in [4.78, 5) is 3.92. The maximum absolute atomic E-state index is 13.2. The minimum absolute atomic E-state index is 0.116. The molecule has 0 bridgehead atoms. The normalized spacial score (nSPS) is 18.2. The third-order valence-electron chi connectivity index (χ3n) is 4.27. The summed E-state index contributed by atoms with van der Waals surface area (Å²) in [6.07, 6.45) is 3.75. The maximum Gasteiger partial charge on any atom is 0.212 e. The van der Waals surface area contributed by atoms with Crippen LogP contribution in [0, 0.1) is 11.9 Å². The summed E-state index contributed by atoms with van der Waals surface area (Å²) in [5.74, 6) is -0.673. The lowest BCUT2D eigenvalue weighted by Gasteiger charge is -2.09. The van der Waals surface area contributed by atoms with Gasteiger partial charge >= 0.3 is 0 Å². The van der Waals surface area contributed by atoms with Crippen LogP contribution in [-0.2, 0) is 9.84 Å². The Bertz CT molecular complexity index is 872. The number of hydrogen-bond donors (Lipinski definition) is 0. The number of alkyl halides is 1. The molecule has 3 rings (SSSR count). The Morgan fingerprint density at radius 2 is 1.62 bits per heavy atom. The molecule has 6 heteroatoms. The Hall–Kier alpha value is -2.08. The Labute approximate surface area is 140 Å². The van der Waals surface area contributed by atoms with Crippen molar-refractivity contribution >= 4 is 21.0 Å². The second-order valence-electron chi connectivity index (χ2n) is 6.05. The van der Waals surface area contributed by atoms with Crippen molar-refractivity contribution in [1.29, 1.82) is 0 Å². The molecule has 0 saturated carbocycles. The number of pyridine rings is 1. The summed E-state index contributed by atoms with van der Waals surface area (Å²) in [6, 6.07) is 9.52. The van der Waals surface area contributed by atoms with Gasteiger partial charge < -0.3 is 0 Å². The van der Waals surface area contributed by atoms with E-state index in [1.54, 1.807) is 30.3 Å². The number of halogens is 2. The average molecular weight is 349 g/mol. The molecule has 1 atom stereocenters. The summed E-state index contributed by atoms with van der Waals surface area (Å²) < 4.78 is 49.4. The fourth-order valence-electron chi connectivity index (χ4n) is 3.05. The SMILES string of the molecule is CS(=O)(=O)c1ccc(C2=C(c3ccc(F)nc3)CC(CF)C2)cc1. The molecule has 0 fully saturated rings. The Morgan fingerprint density at radius 3 is 2.12 bits per heavy atom. The molecular weight excluding hydrogens is 332 g/mol. The highest BCUT2D eigenvalue weighted by Crippen LogP contribution is 2.43. The first-order chi connectivity index (χ1) is 11.4. The molecule has 0 radical (unpaired) electrons. The summed E-state index contributed by atoms with van der Waals surface area (Å²) in [5.41, 5.74) is 3.54. The Balaban J connectivity index is 2.04. The predicted molar refractivity (Wildman–Crippen MR) is 89.3 cm³/mol. The summed E-state index contributed by atoms with van der Waals surface area (Å²) >= 11 is 0. The van der Waals surface area contributed by atoms with E-state index in [-0.39, 0.29) is 10.8 Å². The third kappa shape index (κ3) is 3.38. The first-order valence-corrected chi connectivity index (χ1v) is 9.48. The van der Waals surface area contributed by atoms with Gasteiger partial charge in [-0.3, -0.25) is 4.39 Å². The zero-order valence-electron chi connectivity index (χ0n) is 13.2. The second-order valence-corrected chi connectivity index (χ2v) is 8.07. The lowest BCUT2D eigenvalue weighted by Crippen LogP contribution is -1.98. The van der Waals surface area contributed by atoms with Crippen LogP contribution in [0.5, 0.6) is 0 Å². The van der Waals surface area contributed by atoms with Gasteiger partial charge in [0.1, 0.15) is 0 Å². The number of aromatic nitrogens is 1. The van der Waals surface area contributed by atoms with E-state index < -0.39 is 22.5 Å². The number of nitrogens with zero attached hydrogens (tertiary/aromatic N) is 1. The minimum atomic E-state index is -3.26. The topological polar surface area (TPSA) is 47.0 Å². The molecule has 0 saturated heterocycles. The predicted octanol–water partition coefficient (Wildman–Crippen LogP) is 3.91. The number of allylic oxidation sites excluding steroid dienone is 2. The standard InChI is InChI=1S/C18H17F2NO2S/c1-24(22,23)15-5-2-13(3-6-15)16-8-12(10-19)9-17(16)14-4-7-18(20)21-11-14/h2-7,11-12H,8-10H2,1H3. The zero-order valence-corrected chi connectivity index (χ0v) is 14.0. The zero-order chi connectivity index (χ0) is 17.3. The van der Waals surface area contributed by atoms with Gasteiger partial charge in [0.25, 0.3) is 0 Å². The molecule has 1 heterocycles. The molecule has 1 unspecified atom stereocenters. The molecule has 0 spiro atoms. The van der Waals surface area contributed by atoms with Crippen LogP contribution in [0.15, 0.2) is 47.5 Å². The van der Waals surface area contributed by atoms with Gasteiger partial charge in [-0.15, -0.1) is 0 Å². The molecule has 126 valence electrons. The largest absolute Gasteiger partial charge is 0.251 e. The van der Waals surface area contributed by atoms with E-state index in [1.165, 1.54) is 12.3 Å². The van der Waals surface area contributed by atoms with Crippen molar-refractivity contribution in [2.45, 2.75) is 17.7 Å². The molecule has 1 aliphatic carbocycles. The molecule has 0 N–H and O–H groups in total. The fourth-order valence-corrected chi connectivity index (χ4v) is 3.68. The molecular formula is C18H17F2NO2S. The Morgan fingerprint density at radius 1 is 1.04 bits per heavy atom. The maximum atomic E-state index is 13.2. The highest BCUT2D eigenvalue weighted by Gasteiger charge is 2.26. The van der Waals surface area contributed by atoms with Gasteiger partial charge in [-0.1, -0.05) is 12.1 Å². The molecule has 1 aromatic heterocycles. The highest BCUT2D eigenvalue weighted by atomic mass is 32.2.